The fraction of sp³-hybridized carbons (Fsp3) is 0.0588. The van der Waals surface area contributed by atoms with Gasteiger partial charge in [-0.3, -0.25) is 4.79 Å². The summed E-state index contributed by atoms with van der Waals surface area (Å²) in [5.41, 5.74) is 0.903. The molecule has 1 heterocycles. The van der Waals surface area contributed by atoms with Crippen molar-refractivity contribution in [3.05, 3.63) is 64.1 Å². The van der Waals surface area contributed by atoms with Gasteiger partial charge in [0.2, 0.25) is 0 Å². The lowest BCUT2D eigenvalue weighted by molar-refractivity contribution is 0.0604. The maximum atomic E-state index is 12.4. The summed E-state index contributed by atoms with van der Waals surface area (Å²) in [7, 11) is 1.33. The lowest BCUT2D eigenvalue weighted by atomic mass is 10.1. The standard InChI is InChI=1S/C17H12BrNO3S/c1-22-17(21)14-12-4-2-3-5-13(12)23-16(14)19-15(20)10-6-8-11(18)9-7-10/h2-9H,1H3,(H,19,20). The van der Waals surface area contributed by atoms with Gasteiger partial charge in [0.25, 0.3) is 5.91 Å². The number of anilines is 1. The highest BCUT2D eigenvalue weighted by molar-refractivity contribution is 9.10. The van der Waals surface area contributed by atoms with E-state index < -0.39 is 5.97 Å². The van der Waals surface area contributed by atoms with Gasteiger partial charge in [-0.15, -0.1) is 11.3 Å². The SMILES string of the molecule is COC(=O)c1c(NC(=O)c2ccc(Br)cc2)sc2ccccc12. The highest BCUT2D eigenvalue weighted by atomic mass is 79.9. The Labute approximate surface area is 145 Å². The van der Waals surface area contributed by atoms with Crippen LogP contribution in [-0.4, -0.2) is 19.0 Å². The smallest absolute Gasteiger partial charge is 0.341 e. The van der Waals surface area contributed by atoms with Crippen molar-refractivity contribution in [1.29, 1.82) is 0 Å². The van der Waals surface area contributed by atoms with E-state index >= 15 is 0 Å². The minimum absolute atomic E-state index is 0.269. The molecule has 1 N–H and O–H groups in total. The first kappa shape index (κ1) is 15.7. The van der Waals surface area contributed by atoms with Gasteiger partial charge in [0.15, 0.2) is 0 Å². The summed E-state index contributed by atoms with van der Waals surface area (Å²) in [5, 5.41) is 4.08. The Kier molecular flexibility index (Phi) is 4.45. The van der Waals surface area contributed by atoms with Crippen molar-refractivity contribution >= 4 is 54.2 Å². The molecular formula is C17H12BrNO3S. The zero-order valence-corrected chi connectivity index (χ0v) is 14.5. The number of rotatable bonds is 3. The molecule has 23 heavy (non-hydrogen) atoms. The third-order valence-electron chi connectivity index (χ3n) is 3.32. The number of carbonyl (C=O) groups is 2. The number of nitrogens with one attached hydrogen (secondary N) is 1. The Morgan fingerprint density at radius 3 is 2.48 bits per heavy atom. The Hall–Kier alpha value is -2.18. The van der Waals surface area contributed by atoms with Gasteiger partial charge in [0, 0.05) is 20.1 Å². The monoisotopic (exact) mass is 389 g/mol. The van der Waals surface area contributed by atoms with E-state index in [1.165, 1.54) is 18.4 Å². The fourth-order valence-corrected chi connectivity index (χ4v) is 3.56. The van der Waals surface area contributed by atoms with Crippen LogP contribution in [-0.2, 0) is 4.74 Å². The van der Waals surface area contributed by atoms with Gasteiger partial charge in [-0.05, 0) is 30.3 Å². The van der Waals surface area contributed by atoms with Crippen molar-refractivity contribution in [2.45, 2.75) is 0 Å². The second kappa shape index (κ2) is 6.52. The van der Waals surface area contributed by atoms with Crippen LogP contribution in [0.1, 0.15) is 20.7 Å². The topological polar surface area (TPSA) is 55.4 Å². The number of hydrogen-bond donors (Lipinski definition) is 1. The van der Waals surface area contributed by atoms with Crippen LogP contribution in [0.3, 0.4) is 0 Å². The molecular weight excluding hydrogens is 378 g/mol. The van der Waals surface area contributed by atoms with E-state index in [1.54, 1.807) is 24.3 Å². The van der Waals surface area contributed by atoms with Crippen LogP contribution in [0.25, 0.3) is 10.1 Å². The summed E-state index contributed by atoms with van der Waals surface area (Å²) >= 11 is 4.69. The molecule has 0 unspecified atom stereocenters. The third kappa shape index (κ3) is 3.13. The quantitative estimate of drug-likeness (QED) is 0.660. The number of esters is 1. The van der Waals surface area contributed by atoms with Crippen LogP contribution in [0, 0.1) is 0 Å². The molecule has 0 saturated heterocycles. The molecule has 6 heteroatoms. The first-order valence-electron chi connectivity index (χ1n) is 6.77. The Morgan fingerprint density at radius 2 is 1.78 bits per heavy atom. The number of thiophene rings is 1. The lowest BCUT2D eigenvalue weighted by Gasteiger charge is -2.06. The van der Waals surface area contributed by atoms with Crippen LogP contribution in [0.2, 0.25) is 0 Å². The molecule has 3 aromatic rings. The van der Waals surface area contributed by atoms with Gasteiger partial charge in [-0.1, -0.05) is 34.1 Å². The first-order chi connectivity index (χ1) is 11.1. The maximum absolute atomic E-state index is 12.4. The van der Waals surface area contributed by atoms with Crippen LogP contribution in [0.4, 0.5) is 5.00 Å². The van der Waals surface area contributed by atoms with Gasteiger partial charge in [0.1, 0.15) is 10.6 Å². The number of benzene rings is 2. The van der Waals surface area contributed by atoms with E-state index in [0.717, 1.165) is 14.6 Å². The normalized spacial score (nSPS) is 10.5. The summed E-state index contributed by atoms with van der Waals surface area (Å²) in [6, 6.07) is 14.5. The Morgan fingerprint density at radius 1 is 1.09 bits per heavy atom. The number of ether oxygens (including phenoxy) is 1. The molecule has 0 bridgehead atoms. The number of amides is 1. The first-order valence-corrected chi connectivity index (χ1v) is 8.38. The summed E-state index contributed by atoms with van der Waals surface area (Å²) in [6.07, 6.45) is 0. The van der Waals surface area contributed by atoms with Crippen molar-refractivity contribution < 1.29 is 14.3 Å². The van der Waals surface area contributed by atoms with Gasteiger partial charge in [-0.25, -0.2) is 4.79 Å². The molecule has 3 rings (SSSR count). The van der Waals surface area contributed by atoms with Crippen LogP contribution in [0.15, 0.2) is 53.0 Å². The summed E-state index contributed by atoms with van der Waals surface area (Å²) in [5.74, 6) is -0.734. The summed E-state index contributed by atoms with van der Waals surface area (Å²) in [4.78, 5) is 24.5. The van der Waals surface area contributed by atoms with E-state index in [-0.39, 0.29) is 5.91 Å². The molecule has 0 atom stereocenters. The Balaban J connectivity index is 2.00. The number of carbonyl (C=O) groups excluding carboxylic acids is 2. The summed E-state index contributed by atoms with van der Waals surface area (Å²) < 4.78 is 6.67. The average Bonchev–Trinajstić information content (AvgIpc) is 2.92. The molecule has 1 aromatic heterocycles. The van der Waals surface area contributed by atoms with E-state index in [4.69, 9.17) is 4.74 Å². The summed E-state index contributed by atoms with van der Waals surface area (Å²) in [6.45, 7) is 0. The third-order valence-corrected chi connectivity index (χ3v) is 4.93. The van der Waals surface area contributed by atoms with Crippen molar-refractivity contribution in [2.75, 3.05) is 12.4 Å². The molecule has 0 radical (unpaired) electrons. The molecule has 116 valence electrons. The molecule has 0 aliphatic rings. The zero-order chi connectivity index (χ0) is 16.4. The number of fused-ring (bicyclic) bond motifs is 1. The second-order valence-electron chi connectivity index (χ2n) is 4.75. The van der Waals surface area contributed by atoms with E-state index in [0.29, 0.717) is 16.1 Å². The van der Waals surface area contributed by atoms with Crippen molar-refractivity contribution in [3.8, 4) is 0 Å². The number of hydrogen-bond acceptors (Lipinski definition) is 4. The van der Waals surface area contributed by atoms with Crippen LogP contribution < -0.4 is 5.32 Å². The fourth-order valence-electron chi connectivity index (χ4n) is 2.21. The number of halogens is 1. The van der Waals surface area contributed by atoms with Crippen molar-refractivity contribution in [1.82, 2.24) is 0 Å². The lowest BCUT2D eigenvalue weighted by Crippen LogP contribution is -2.13. The van der Waals surface area contributed by atoms with E-state index in [9.17, 15) is 9.59 Å². The van der Waals surface area contributed by atoms with Crippen molar-refractivity contribution in [3.63, 3.8) is 0 Å². The zero-order valence-electron chi connectivity index (χ0n) is 12.1. The van der Waals surface area contributed by atoms with Crippen molar-refractivity contribution in [2.24, 2.45) is 0 Å². The minimum Gasteiger partial charge on any atom is -0.465 e. The molecule has 0 aliphatic heterocycles. The van der Waals surface area contributed by atoms with Gasteiger partial charge < -0.3 is 10.1 Å². The molecule has 0 spiro atoms. The molecule has 4 nitrogen and oxygen atoms in total. The largest absolute Gasteiger partial charge is 0.465 e. The molecule has 0 aliphatic carbocycles. The molecule has 1 amide bonds. The predicted octanol–water partition coefficient (Wildman–Crippen LogP) is 4.70. The predicted molar refractivity (Wildman–Crippen MR) is 95.3 cm³/mol. The minimum atomic E-state index is -0.464. The Bertz CT molecular complexity index is 886. The van der Waals surface area contributed by atoms with Gasteiger partial charge >= 0.3 is 5.97 Å². The second-order valence-corrected chi connectivity index (χ2v) is 6.72. The molecule has 2 aromatic carbocycles. The molecule has 0 saturated carbocycles. The van der Waals surface area contributed by atoms with Crippen LogP contribution >= 0.6 is 27.3 Å². The maximum Gasteiger partial charge on any atom is 0.341 e. The van der Waals surface area contributed by atoms with Crippen LogP contribution in [0.5, 0.6) is 0 Å². The van der Waals surface area contributed by atoms with E-state index in [1.807, 2.05) is 24.3 Å². The van der Waals surface area contributed by atoms with Gasteiger partial charge in [0.05, 0.1) is 7.11 Å². The van der Waals surface area contributed by atoms with Gasteiger partial charge in [-0.2, -0.15) is 0 Å². The highest BCUT2D eigenvalue weighted by Crippen LogP contribution is 2.36. The highest BCUT2D eigenvalue weighted by Gasteiger charge is 2.21. The average molecular weight is 390 g/mol. The molecule has 0 fully saturated rings. The number of methoxy groups -OCH3 is 1. The van der Waals surface area contributed by atoms with E-state index in [2.05, 4.69) is 21.2 Å².